The molecule has 0 amide bonds. The van der Waals surface area contributed by atoms with Crippen LogP contribution in [0.2, 0.25) is 0 Å². The summed E-state index contributed by atoms with van der Waals surface area (Å²) in [5.41, 5.74) is 2.08. The van der Waals surface area contributed by atoms with Crippen LogP contribution in [0.1, 0.15) is 48.6 Å². The molecule has 22 heavy (non-hydrogen) atoms. The second kappa shape index (κ2) is 7.03. The third kappa shape index (κ3) is 3.61. The summed E-state index contributed by atoms with van der Waals surface area (Å²) in [5, 5.41) is 16.2. The SMILES string of the molecule is CC(=N)[C@@H](C#N)C(=O)COC(=O)c1cc(C)n(C(C)C)c1C. The number of nitrogens with zero attached hydrogens (tertiary/aromatic N) is 2. The van der Waals surface area contributed by atoms with Crippen LogP contribution in [0, 0.1) is 36.5 Å². The van der Waals surface area contributed by atoms with Crippen molar-refractivity contribution in [3.63, 3.8) is 0 Å². The highest BCUT2D eigenvalue weighted by atomic mass is 16.5. The van der Waals surface area contributed by atoms with E-state index >= 15 is 0 Å². The fraction of sp³-hybridized carbons (Fsp3) is 0.500. The van der Waals surface area contributed by atoms with Gasteiger partial charge in [-0.15, -0.1) is 0 Å². The standard InChI is InChI=1S/C16H21N3O3/c1-9(2)19-10(3)6-13(12(19)5)16(21)22-8-15(20)14(7-17)11(4)18/h6,9,14,18H,8H2,1-5H3/t14-/m1/s1. The highest BCUT2D eigenvalue weighted by Gasteiger charge is 2.23. The third-order valence-corrected chi connectivity index (χ3v) is 3.45. The van der Waals surface area contributed by atoms with Gasteiger partial charge in [-0.05, 0) is 40.7 Å². The lowest BCUT2D eigenvalue weighted by Gasteiger charge is -2.13. The molecule has 1 aromatic heterocycles. The Balaban J connectivity index is 2.84. The Morgan fingerprint density at radius 3 is 2.41 bits per heavy atom. The Hall–Kier alpha value is -2.42. The quantitative estimate of drug-likeness (QED) is 0.645. The molecule has 1 heterocycles. The maximum Gasteiger partial charge on any atom is 0.340 e. The van der Waals surface area contributed by atoms with Gasteiger partial charge in [0.25, 0.3) is 0 Å². The van der Waals surface area contributed by atoms with Gasteiger partial charge >= 0.3 is 5.97 Å². The number of Topliss-reactive ketones (excluding diaryl/α,β-unsaturated/α-hetero) is 1. The number of aromatic nitrogens is 1. The second-order valence-electron chi connectivity index (χ2n) is 5.54. The minimum Gasteiger partial charge on any atom is -0.454 e. The van der Waals surface area contributed by atoms with Gasteiger partial charge in [0.05, 0.1) is 11.6 Å². The van der Waals surface area contributed by atoms with Gasteiger partial charge in [0.15, 0.2) is 12.4 Å². The summed E-state index contributed by atoms with van der Waals surface area (Å²) in [5.74, 6) is -2.33. The molecular formula is C16H21N3O3. The number of carbonyl (C=O) groups is 2. The summed E-state index contributed by atoms with van der Waals surface area (Å²) in [6.07, 6.45) is 0. The Labute approximate surface area is 130 Å². The first-order valence-corrected chi connectivity index (χ1v) is 7.03. The summed E-state index contributed by atoms with van der Waals surface area (Å²) < 4.78 is 7.01. The fourth-order valence-corrected chi connectivity index (χ4v) is 2.49. The smallest absolute Gasteiger partial charge is 0.340 e. The predicted molar refractivity (Wildman–Crippen MR) is 82.1 cm³/mol. The number of esters is 1. The number of ether oxygens (including phenoxy) is 1. The molecule has 0 saturated heterocycles. The van der Waals surface area contributed by atoms with E-state index in [-0.39, 0.29) is 11.8 Å². The number of aryl methyl sites for hydroxylation is 1. The van der Waals surface area contributed by atoms with E-state index in [0.717, 1.165) is 11.4 Å². The van der Waals surface area contributed by atoms with E-state index < -0.39 is 24.3 Å². The van der Waals surface area contributed by atoms with Crippen molar-refractivity contribution in [3.05, 3.63) is 23.0 Å². The van der Waals surface area contributed by atoms with Gasteiger partial charge in [0, 0.05) is 23.1 Å². The lowest BCUT2D eigenvalue weighted by atomic mass is 10.0. The van der Waals surface area contributed by atoms with Crippen molar-refractivity contribution in [1.29, 1.82) is 10.7 Å². The molecule has 0 saturated carbocycles. The molecule has 0 spiro atoms. The van der Waals surface area contributed by atoms with Crippen molar-refractivity contribution < 1.29 is 14.3 Å². The van der Waals surface area contributed by atoms with Crippen LogP contribution in [-0.4, -0.2) is 28.6 Å². The van der Waals surface area contributed by atoms with Gasteiger partial charge in [0.1, 0.15) is 5.92 Å². The lowest BCUT2D eigenvalue weighted by molar-refractivity contribution is -0.122. The molecule has 1 aromatic rings. The van der Waals surface area contributed by atoms with Gasteiger partial charge in [-0.25, -0.2) is 4.79 Å². The van der Waals surface area contributed by atoms with E-state index in [1.54, 1.807) is 12.1 Å². The topological polar surface area (TPSA) is 95.9 Å². The molecular weight excluding hydrogens is 282 g/mol. The van der Waals surface area contributed by atoms with E-state index in [1.807, 2.05) is 32.3 Å². The summed E-state index contributed by atoms with van der Waals surface area (Å²) in [6.45, 7) is 8.64. The van der Waals surface area contributed by atoms with Gasteiger partial charge < -0.3 is 14.7 Å². The molecule has 1 rings (SSSR count). The fourth-order valence-electron chi connectivity index (χ4n) is 2.49. The Kier molecular flexibility index (Phi) is 5.63. The maximum atomic E-state index is 12.1. The number of nitrogens with one attached hydrogen (secondary N) is 1. The largest absolute Gasteiger partial charge is 0.454 e. The van der Waals surface area contributed by atoms with E-state index in [0.29, 0.717) is 5.56 Å². The summed E-state index contributed by atoms with van der Waals surface area (Å²) in [4.78, 5) is 23.9. The van der Waals surface area contributed by atoms with Crippen molar-refractivity contribution in [2.45, 2.75) is 40.7 Å². The molecule has 6 nitrogen and oxygen atoms in total. The molecule has 0 aliphatic heterocycles. The molecule has 0 aliphatic carbocycles. The zero-order valence-electron chi connectivity index (χ0n) is 13.6. The van der Waals surface area contributed by atoms with Crippen molar-refractivity contribution in [2.75, 3.05) is 6.61 Å². The van der Waals surface area contributed by atoms with Crippen LogP contribution >= 0.6 is 0 Å². The third-order valence-electron chi connectivity index (χ3n) is 3.45. The first-order chi connectivity index (χ1) is 10.2. The summed E-state index contributed by atoms with van der Waals surface area (Å²) in [7, 11) is 0. The van der Waals surface area contributed by atoms with Crippen LogP contribution in [-0.2, 0) is 9.53 Å². The molecule has 0 radical (unpaired) electrons. The zero-order chi connectivity index (χ0) is 17.0. The maximum absolute atomic E-state index is 12.1. The van der Waals surface area contributed by atoms with Gasteiger partial charge in [-0.1, -0.05) is 0 Å². The first kappa shape index (κ1) is 17.6. The molecule has 0 bridgehead atoms. The number of rotatable bonds is 6. The zero-order valence-corrected chi connectivity index (χ0v) is 13.6. The monoisotopic (exact) mass is 303 g/mol. The number of nitriles is 1. The molecule has 1 atom stereocenters. The number of hydrogen-bond donors (Lipinski definition) is 1. The van der Waals surface area contributed by atoms with Crippen molar-refractivity contribution >= 4 is 17.5 Å². The van der Waals surface area contributed by atoms with Crippen LogP contribution in [0.15, 0.2) is 6.07 Å². The van der Waals surface area contributed by atoms with E-state index in [2.05, 4.69) is 0 Å². The second-order valence-corrected chi connectivity index (χ2v) is 5.54. The molecule has 0 aromatic carbocycles. The first-order valence-electron chi connectivity index (χ1n) is 7.03. The summed E-state index contributed by atoms with van der Waals surface area (Å²) >= 11 is 0. The normalized spacial score (nSPS) is 11.9. The Bertz CT molecular complexity index is 650. The van der Waals surface area contributed by atoms with Crippen molar-refractivity contribution in [1.82, 2.24) is 4.57 Å². The lowest BCUT2D eigenvalue weighted by Crippen LogP contribution is -2.25. The minimum atomic E-state index is -1.16. The van der Waals surface area contributed by atoms with Gasteiger partial charge in [-0.2, -0.15) is 5.26 Å². The van der Waals surface area contributed by atoms with Gasteiger partial charge in [0.2, 0.25) is 0 Å². The van der Waals surface area contributed by atoms with Gasteiger partial charge in [-0.3, -0.25) is 4.79 Å². The van der Waals surface area contributed by atoms with Crippen molar-refractivity contribution in [3.8, 4) is 6.07 Å². The van der Waals surface area contributed by atoms with Crippen LogP contribution in [0.5, 0.6) is 0 Å². The van der Waals surface area contributed by atoms with E-state index in [1.165, 1.54) is 6.92 Å². The molecule has 0 aliphatic rings. The number of hydrogen-bond acceptors (Lipinski definition) is 5. The van der Waals surface area contributed by atoms with E-state index in [9.17, 15) is 9.59 Å². The van der Waals surface area contributed by atoms with E-state index in [4.69, 9.17) is 15.4 Å². The van der Waals surface area contributed by atoms with Crippen molar-refractivity contribution in [2.24, 2.45) is 5.92 Å². The average Bonchev–Trinajstić information content (AvgIpc) is 2.71. The molecule has 0 fully saturated rings. The van der Waals surface area contributed by atoms with Crippen LogP contribution in [0.4, 0.5) is 0 Å². The Morgan fingerprint density at radius 2 is 2.00 bits per heavy atom. The minimum absolute atomic E-state index is 0.0541. The molecule has 1 N–H and O–H groups in total. The van der Waals surface area contributed by atoms with Crippen LogP contribution < -0.4 is 0 Å². The molecule has 0 unspecified atom stereocenters. The van der Waals surface area contributed by atoms with Crippen LogP contribution in [0.25, 0.3) is 0 Å². The number of carbonyl (C=O) groups excluding carboxylic acids is 2. The molecule has 6 heteroatoms. The number of ketones is 1. The summed E-state index contributed by atoms with van der Waals surface area (Å²) in [6, 6.07) is 3.68. The predicted octanol–water partition coefficient (Wildman–Crippen LogP) is 2.59. The highest BCUT2D eigenvalue weighted by molar-refractivity contribution is 6.06. The Morgan fingerprint density at radius 1 is 1.41 bits per heavy atom. The molecule has 118 valence electrons. The van der Waals surface area contributed by atoms with Crippen LogP contribution in [0.3, 0.4) is 0 Å². The highest BCUT2D eigenvalue weighted by Crippen LogP contribution is 2.20. The average molecular weight is 303 g/mol.